The van der Waals surface area contributed by atoms with Gasteiger partial charge in [-0.1, -0.05) is 6.92 Å². The van der Waals surface area contributed by atoms with Crippen LogP contribution in [0.4, 0.5) is 4.79 Å². The lowest BCUT2D eigenvalue weighted by molar-refractivity contribution is 0.164. The highest BCUT2D eigenvalue weighted by Gasteiger charge is 2.05. The van der Waals surface area contributed by atoms with Gasteiger partial charge in [0.05, 0.1) is 6.61 Å². The molecule has 0 saturated carbocycles. The summed E-state index contributed by atoms with van der Waals surface area (Å²) in [5.41, 5.74) is 0. The fraction of sp³-hybridized carbons (Fsp3) is 0.900. The zero-order valence-corrected chi connectivity index (χ0v) is 10.2. The van der Waals surface area contributed by atoms with E-state index < -0.39 is 0 Å². The first-order chi connectivity index (χ1) is 7.11. The number of rotatable bonds is 7. The number of nitrogens with zero attached hydrogens (tertiary/aromatic N) is 1. The maximum atomic E-state index is 11.1. The standard InChI is InChI=1S/C10H23N3O2/c1-5-9(8-15-4)11-6-7-12-10(14)13(2)3/h9,11H,5-8H2,1-4H3,(H,12,14). The van der Waals surface area contributed by atoms with Gasteiger partial charge in [0.15, 0.2) is 0 Å². The van der Waals surface area contributed by atoms with Crippen molar-refractivity contribution >= 4 is 6.03 Å². The fourth-order valence-corrected chi connectivity index (χ4v) is 1.13. The number of hydrogen-bond acceptors (Lipinski definition) is 3. The van der Waals surface area contributed by atoms with E-state index in [0.717, 1.165) is 13.0 Å². The minimum Gasteiger partial charge on any atom is -0.383 e. The van der Waals surface area contributed by atoms with Gasteiger partial charge in [0.25, 0.3) is 0 Å². The topological polar surface area (TPSA) is 53.6 Å². The molecule has 90 valence electrons. The lowest BCUT2D eigenvalue weighted by Crippen LogP contribution is -2.41. The zero-order chi connectivity index (χ0) is 11.7. The van der Waals surface area contributed by atoms with Crippen molar-refractivity contribution in [3.05, 3.63) is 0 Å². The predicted octanol–water partition coefficient (Wildman–Crippen LogP) is 0.272. The smallest absolute Gasteiger partial charge is 0.316 e. The van der Waals surface area contributed by atoms with Crippen molar-refractivity contribution < 1.29 is 9.53 Å². The Morgan fingerprint density at radius 3 is 2.53 bits per heavy atom. The van der Waals surface area contributed by atoms with Crippen LogP contribution in [0, 0.1) is 0 Å². The maximum absolute atomic E-state index is 11.1. The minimum absolute atomic E-state index is 0.0587. The molecule has 0 fully saturated rings. The van der Waals surface area contributed by atoms with Gasteiger partial charge in [0.1, 0.15) is 0 Å². The van der Waals surface area contributed by atoms with Crippen LogP contribution in [0.3, 0.4) is 0 Å². The van der Waals surface area contributed by atoms with E-state index in [1.54, 1.807) is 21.2 Å². The molecule has 0 aliphatic rings. The van der Waals surface area contributed by atoms with Crippen LogP contribution in [0.25, 0.3) is 0 Å². The van der Waals surface area contributed by atoms with E-state index in [1.165, 1.54) is 4.90 Å². The molecule has 0 spiro atoms. The van der Waals surface area contributed by atoms with E-state index in [2.05, 4.69) is 17.6 Å². The number of methoxy groups -OCH3 is 1. The molecule has 2 N–H and O–H groups in total. The highest BCUT2D eigenvalue weighted by molar-refractivity contribution is 5.73. The lowest BCUT2D eigenvalue weighted by Gasteiger charge is -2.17. The number of nitrogens with one attached hydrogen (secondary N) is 2. The summed E-state index contributed by atoms with van der Waals surface area (Å²) in [6.45, 7) is 4.21. The summed E-state index contributed by atoms with van der Waals surface area (Å²) in [5, 5.41) is 6.09. The van der Waals surface area contributed by atoms with Crippen molar-refractivity contribution in [3.8, 4) is 0 Å². The van der Waals surface area contributed by atoms with Crippen LogP contribution < -0.4 is 10.6 Å². The van der Waals surface area contributed by atoms with Crippen molar-refractivity contribution in [3.63, 3.8) is 0 Å². The van der Waals surface area contributed by atoms with Gasteiger partial charge in [-0.2, -0.15) is 0 Å². The van der Waals surface area contributed by atoms with Crippen molar-refractivity contribution in [2.45, 2.75) is 19.4 Å². The van der Waals surface area contributed by atoms with Crippen molar-refractivity contribution in [2.75, 3.05) is 40.9 Å². The Labute approximate surface area is 92.2 Å². The Balaban J connectivity index is 3.47. The molecule has 0 radical (unpaired) electrons. The average Bonchev–Trinajstić information content (AvgIpc) is 2.22. The van der Waals surface area contributed by atoms with Crippen LogP contribution in [0.1, 0.15) is 13.3 Å². The summed E-state index contributed by atoms with van der Waals surface area (Å²) < 4.78 is 5.05. The molecule has 5 heteroatoms. The van der Waals surface area contributed by atoms with Crippen LogP contribution in [0.2, 0.25) is 0 Å². The number of ether oxygens (including phenoxy) is 1. The third-order valence-electron chi connectivity index (χ3n) is 2.10. The Morgan fingerprint density at radius 1 is 1.40 bits per heavy atom. The second-order valence-corrected chi connectivity index (χ2v) is 3.64. The van der Waals surface area contributed by atoms with E-state index in [9.17, 15) is 4.79 Å². The van der Waals surface area contributed by atoms with E-state index in [0.29, 0.717) is 19.2 Å². The minimum atomic E-state index is -0.0587. The quantitative estimate of drug-likeness (QED) is 0.602. The molecule has 0 bridgehead atoms. The molecule has 1 atom stereocenters. The first kappa shape index (κ1) is 14.2. The van der Waals surface area contributed by atoms with Crippen LogP contribution in [-0.4, -0.2) is 57.9 Å². The number of amides is 2. The molecule has 0 aromatic rings. The van der Waals surface area contributed by atoms with Crippen molar-refractivity contribution in [2.24, 2.45) is 0 Å². The first-order valence-electron chi connectivity index (χ1n) is 5.29. The molecule has 15 heavy (non-hydrogen) atoms. The van der Waals surface area contributed by atoms with Gasteiger partial charge in [-0.3, -0.25) is 0 Å². The SMILES string of the molecule is CCC(COC)NCCNC(=O)N(C)C. The molecule has 5 nitrogen and oxygen atoms in total. The molecule has 0 aromatic carbocycles. The van der Waals surface area contributed by atoms with Gasteiger partial charge in [-0.25, -0.2) is 4.79 Å². The maximum Gasteiger partial charge on any atom is 0.316 e. The number of carbonyl (C=O) groups excluding carboxylic acids is 1. The van der Waals surface area contributed by atoms with Gasteiger partial charge in [-0.15, -0.1) is 0 Å². The molecule has 0 aliphatic heterocycles. The molecule has 0 heterocycles. The summed E-state index contributed by atoms with van der Waals surface area (Å²) in [6, 6.07) is 0.308. The van der Waals surface area contributed by atoms with Crippen LogP contribution in [0.5, 0.6) is 0 Å². The van der Waals surface area contributed by atoms with Crippen LogP contribution in [-0.2, 0) is 4.74 Å². The lowest BCUT2D eigenvalue weighted by atomic mass is 10.2. The Kier molecular flexibility index (Phi) is 8.04. The number of carbonyl (C=O) groups is 1. The van der Waals surface area contributed by atoms with E-state index >= 15 is 0 Å². The van der Waals surface area contributed by atoms with Crippen LogP contribution in [0.15, 0.2) is 0 Å². The van der Waals surface area contributed by atoms with Gasteiger partial charge in [-0.05, 0) is 6.42 Å². The van der Waals surface area contributed by atoms with E-state index in [-0.39, 0.29) is 6.03 Å². The first-order valence-corrected chi connectivity index (χ1v) is 5.29. The normalized spacial score (nSPS) is 12.3. The largest absolute Gasteiger partial charge is 0.383 e. The molecule has 0 saturated heterocycles. The van der Waals surface area contributed by atoms with Gasteiger partial charge >= 0.3 is 6.03 Å². The zero-order valence-electron chi connectivity index (χ0n) is 10.2. The van der Waals surface area contributed by atoms with E-state index in [4.69, 9.17) is 4.74 Å². The molecular weight excluding hydrogens is 194 g/mol. The number of hydrogen-bond donors (Lipinski definition) is 2. The molecule has 1 unspecified atom stereocenters. The highest BCUT2D eigenvalue weighted by Crippen LogP contribution is 1.89. The molecule has 0 aromatic heterocycles. The van der Waals surface area contributed by atoms with E-state index in [1.807, 2.05) is 0 Å². The Hall–Kier alpha value is -0.810. The summed E-state index contributed by atoms with van der Waals surface area (Å²) in [7, 11) is 5.14. The molecule has 0 aliphatic carbocycles. The highest BCUT2D eigenvalue weighted by atomic mass is 16.5. The average molecular weight is 217 g/mol. The summed E-state index contributed by atoms with van der Waals surface area (Å²) in [6.07, 6.45) is 1.02. The van der Waals surface area contributed by atoms with Crippen LogP contribution >= 0.6 is 0 Å². The second kappa shape index (κ2) is 8.49. The second-order valence-electron chi connectivity index (χ2n) is 3.64. The third-order valence-corrected chi connectivity index (χ3v) is 2.10. The molecule has 2 amide bonds. The Bertz CT molecular complexity index is 174. The number of urea groups is 1. The third kappa shape index (κ3) is 7.16. The summed E-state index contributed by atoms with van der Waals surface area (Å²) >= 11 is 0. The molecule has 0 rings (SSSR count). The predicted molar refractivity (Wildman–Crippen MR) is 61.0 cm³/mol. The Morgan fingerprint density at radius 2 is 2.07 bits per heavy atom. The molecular formula is C10H23N3O2. The van der Waals surface area contributed by atoms with Gasteiger partial charge < -0.3 is 20.3 Å². The van der Waals surface area contributed by atoms with Crippen molar-refractivity contribution in [1.29, 1.82) is 0 Å². The summed E-state index contributed by atoms with van der Waals surface area (Å²) in [4.78, 5) is 12.7. The van der Waals surface area contributed by atoms with Gasteiger partial charge in [0, 0.05) is 40.3 Å². The van der Waals surface area contributed by atoms with Crippen molar-refractivity contribution in [1.82, 2.24) is 15.5 Å². The van der Waals surface area contributed by atoms with Gasteiger partial charge in [0.2, 0.25) is 0 Å². The monoisotopic (exact) mass is 217 g/mol. The fourth-order valence-electron chi connectivity index (χ4n) is 1.13. The summed E-state index contributed by atoms with van der Waals surface area (Å²) in [5.74, 6) is 0.